The number of benzene rings is 1. The lowest BCUT2D eigenvalue weighted by atomic mass is 10.1. The lowest BCUT2D eigenvalue weighted by molar-refractivity contribution is -0.119. The first-order chi connectivity index (χ1) is 12.0. The van der Waals surface area contributed by atoms with Crippen molar-refractivity contribution < 1.29 is 4.79 Å². The topological polar surface area (TPSA) is 66.2 Å². The molecule has 0 spiro atoms. The molecule has 1 aromatic rings. The van der Waals surface area contributed by atoms with Gasteiger partial charge in [-0.2, -0.15) is 0 Å². The van der Waals surface area contributed by atoms with Crippen LogP contribution in [0.4, 0.5) is 0 Å². The molecule has 1 aromatic carbocycles. The van der Waals surface area contributed by atoms with E-state index in [9.17, 15) is 4.79 Å². The van der Waals surface area contributed by atoms with Gasteiger partial charge in [0.05, 0.1) is 5.70 Å². The number of allylic oxidation sites excluding steroid dienone is 4. The second-order valence-electron chi connectivity index (χ2n) is 5.27. The average Bonchev–Trinajstić information content (AvgIpc) is 2.61. The molecule has 0 atom stereocenters. The van der Waals surface area contributed by atoms with Gasteiger partial charge in [0.1, 0.15) is 0 Å². The lowest BCUT2D eigenvalue weighted by Gasteiger charge is -2.04. The molecule has 5 nitrogen and oxygen atoms in total. The number of rotatable bonds is 7. The zero-order valence-corrected chi connectivity index (χ0v) is 15.0. The number of amides is 1. The first kappa shape index (κ1) is 20.0. The number of amidine groups is 1. The molecule has 1 N–H and O–H groups in total. The SMILES string of the molecule is C=C/C=C\C=C(/C)C(N=NC(=C)c1ccc(CNC(C)=O)cc1)=NC. The lowest BCUT2D eigenvalue weighted by Crippen LogP contribution is -2.18. The number of nitrogens with one attached hydrogen (secondary N) is 1. The fourth-order valence-corrected chi connectivity index (χ4v) is 1.86. The number of hydrogen-bond donors (Lipinski definition) is 1. The van der Waals surface area contributed by atoms with E-state index >= 15 is 0 Å². The maximum atomic E-state index is 10.9. The first-order valence-corrected chi connectivity index (χ1v) is 7.85. The number of azo groups is 1. The minimum absolute atomic E-state index is 0.0555. The van der Waals surface area contributed by atoms with Crippen molar-refractivity contribution in [3.05, 3.63) is 78.4 Å². The van der Waals surface area contributed by atoms with E-state index in [2.05, 4.69) is 33.7 Å². The van der Waals surface area contributed by atoms with Gasteiger partial charge in [-0.1, -0.05) is 61.7 Å². The molecule has 0 saturated carbocycles. The molecule has 0 aromatic heterocycles. The highest BCUT2D eigenvalue weighted by atomic mass is 16.1. The Balaban J connectivity index is 2.78. The molecule has 0 heterocycles. The zero-order chi connectivity index (χ0) is 18.7. The van der Waals surface area contributed by atoms with Crippen LogP contribution in [-0.2, 0) is 11.3 Å². The molecule has 130 valence electrons. The summed E-state index contributed by atoms with van der Waals surface area (Å²) in [6, 6.07) is 7.64. The largest absolute Gasteiger partial charge is 0.352 e. The fraction of sp³-hybridized carbons (Fsp3) is 0.200. The van der Waals surface area contributed by atoms with Gasteiger partial charge < -0.3 is 5.32 Å². The van der Waals surface area contributed by atoms with Crippen molar-refractivity contribution in [2.75, 3.05) is 7.05 Å². The van der Waals surface area contributed by atoms with Gasteiger partial charge in [-0.3, -0.25) is 9.79 Å². The van der Waals surface area contributed by atoms with Gasteiger partial charge in [0.25, 0.3) is 0 Å². The minimum atomic E-state index is -0.0555. The first-order valence-electron chi connectivity index (χ1n) is 7.85. The van der Waals surface area contributed by atoms with E-state index in [1.807, 2.05) is 49.4 Å². The van der Waals surface area contributed by atoms with Crippen LogP contribution in [0.2, 0.25) is 0 Å². The predicted octanol–water partition coefficient (Wildman–Crippen LogP) is 4.46. The van der Waals surface area contributed by atoms with Gasteiger partial charge in [-0.25, -0.2) is 0 Å². The Kier molecular flexibility index (Phi) is 8.50. The summed E-state index contributed by atoms with van der Waals surface area (Å²) in [6.45, 7) is 11.5. The minimum Gasteiger partial charge on any atom is -0.352 e. The van der Waals surface area contributed by atoms with Crippen molar-refractivity contribution >= 4 is 17.4 Å². The van der Waals surface area contributed by atoms with Gasteiger partial charge in [0.15, 0.2) is 5.84 Å². The molecule has 25 heavy (non-hydrogen) atoms. The van der Waals surface area contributed by atoms with Gasteiger partial charge in [0.2, 0.25) is 5.91 Å². The maximum Gasteiger partial charge on any atom is 0.217 e. The average molecular weight is 336 g/mol. The Labute approximate surface area is 149 Å². The van der Waals surface area contributed by atoms with Crippen LogP contribution >= 0.6 is 0 Å². The number of aliphatic imine (C=N–C) groups is 1. The van der Waals surface area contributed by atoms with Crippen LogP contribution in [0.1, 0.15) is 25.0 Å². The summed E-state index contributed by atoms with van der Waals surface area (Å²) in [5, 5.41) is 11.1. The van der Waals surface area contributed by atoms with Crippen molar-refractivity contribution in [3.63, 3.8) is 0 Å². The van der Waals surface area contributed by atoms with Crippen LogP contribution in [0.5, 0.6) is 0 Å². The molecule has 0 aliphatic rings. The molecule has 5 heteroatoms. The second-order valence-corrected chi connectivity index (χ2v) is 5.27. The molecule has 0 aliphatic heterocycles. The Morgan fingerprint density at radius 3 is 2.40 bits per heavy atom. The van der Waals surface area contributed by atoms with Gasteiger partial charge >= 0.3 is 0 Å². The van der Waals surface area contributed by atoms with E-state index in [1.54, 1.807) is 13.1 Å². The van der Waals surface area contributed by atoms with E-state index in [0.29, 0.717) is 18.1 Å². The van der Waals surface area contributed by atoms with Crippen LogP contribution < -0.4 is 5.32 Å². The normalized spacial score (nSPS) is 12.6. The third kappa shape index (κ3) is 7.35. The van der Waals surface area contributed by atoms with E-state index < -0.39 is 0 Å². The molecule has 1 rings (SSSR count). The zero-order valence-electron chi connectivity index (χ0n) is 15.0. The van der Waals surface area contributed by atoms with Crippen LogP contribution in [0.3, 0.4) is 0 Å². The Hall–Kier alpha value is -3.08. The highest BCUT2D eigenvalue weighted by molar-refractivity contribution is 5.98. The molecule has 0 unspecified atom stereocenters. The molecular weight excluding hydrogens is 312 g/mol. The van der Waals surface area contributed by atoms with Gasteiger partial charge in [-0.05, 0) is 18.1 Å². The van der Waals surface area contributed by atoms with Crippen molar-refractivity contribution in [2.24, 2.45) is 15.2 Å². The summed E-state index contributed by atoms with van der Waals surface area (Å²) in [5.74, 6) is 0.483. The van der Waals surface area contributed by atoms with Crippen molar-refractivity contribution in [2.45, 2.75) is 20.4 Å². The molecule has 0 aliphatic carbocycles. The maximum absolute atomic E-state index is 10.9. The number of carbonyl (C=O) groups is 1. The van der Waals surface area contributed by atoms with E-state index in [-0.39, 0.29) is 5.91 Å². The van der Waals surface area contributed by atoms with Crippen molar-refractivity contribution in [1.29, 1.82) is 0 Å². The summed E-state index contributed by atoms with van der Waals surface area (Å²) in [4.78, 5) is 15.1. The monoisotopic (exact) mass is 336 g/mol. The van der Waals surface area contributed by atoms with E-state index in [1.165, 1.54) is 6.92 Å². The highest BCUT2D eigenvalue weighted by Crippen LogP contribution is 2.16. The van der Waals surface area contributed by atoms with Gasteiger partial charge in [-0.15, -0.1) is 10.2 Å². The van der Waals surface area contributed by atoms with E-state index in [0.717, 1.165) is 16.7 Å². The number of nitrogens with zero attached hydrogens (tertiary/aromatic N) is 3. The number of hydrogen-bond acceptors (Lipinski definition) is 3. The molecule has 0 saturated heterocycles. The summed E-state index contributed by atoms with van der Waals surface area (Å²) in [7, 11) is 1.67. The Bertz CT molecular complexity index is 737. The smallest absolute Gasteiger partial charge is 0.217 e. The second kappa shape index (κ2) is 10.6. The number of carbonyl (C=O) groups excluding carboxylic acids is 1. The Morgan fingerprint density at radius 1 is 1.16 bits per heavy atom. The third-order valence-electron chi connectivity index (χ3n) is 3.25. The molecule has 1 amide bonds. The van der Waals surface area contributed by atoms with Crippen LogP contribution in [-0.4, -0.2) is 18.8 Å². The van der Waals surface area contributed by atoms with Crippen LogP contribution in [0.25, 0.3) is 5.70 Å². The molecule has 0 radical (unpaired) electrons. The summed E-state index contributed by atoms with van der Waals surface area (Å²) in [6.07, 6.45) is 7.29. The van der Waals surface area contributed by atoms with Crippen molar-refractivity contribution in [3.8, 4) is 0 Å². The van der Waals surface area contributed by atoms with Crippen molar-refractivity contribution in [1.82, 2.24) is 5.32 Å². The molecule has 0 bridgehead atoms. The quantitative estimate of drug-likeness (QED) is 0.340. The fourth-order valence-electron chi connectivity index (χ4n) is 1.86. The highest BCUT2D eigenvalue weighted by Gasteiger charge is 2.02. The summed E-state index contributed by atoms with van der Waals surface area (Å²) >= 11 is 0. The predicted molar refractivity (Wildman–Crippen MR) is 104 cm³/mol. The van der Waals surface area contributed by atoms with E-state index in [4.69, 9.17) is 0 Å². The molecular formula is C20H24N4O. The third-order valence-corrected chi connectivity index (χ3v) is 3.25. The summed E-state index contributed by atoms with van der Waals surface area (Å²) < 4.78 is 0. The van der Waals surface area contributed by atoms with Crippen LogP contribution in [0, 0.1) is 0 Å². The standard InChI is InChI=1S/C20H24N4O/c1-6-7-8-9-15(2)20(21-5)24-23-16(3)19-12-10-18(11-13-19)14-22-17(4)25/h6-13H,1,3,14H2,2,4-5H3,(H,22,25)/b8-7-,15-9+,21-20?,24-23?. The molecule has 0 fully saturated rings. The summed E-state index contributed by atoms with van der Waals surface area (Å²) in [5.41, 5.74) is 3.30. The van der Waals surface area contributed by atoms with Crippen LogP contribution in [0.15, 0.2) is 82.5 Å². The van der Waals surface area contributed by atoms with Gasteiger partial charge in [0, 0.05) is 26.1 Å². The Morgan fingerprint density at radius 2 is 1.84 bits per heavy atom.